The van der Waals surface area contributed by atoms with Crippen LogP contribution in [-0.4, -0.2) is 0 Å². The largest absolute Gasteiger partial charge is 0.452 e. The molecule has 1 aliphatic rings. The van der Waals surface area contributed by atoms with E-state index in [-0.39, 0.29) is 0 Å². The lowest BCUT2D eigenvalue weighted by atomic mass is 10.3. The van der Waals surface area contributed by atoms with Gasteiger partial charge in [0.15, 0.2) is 5.76 Å². The highest BCUT2D eigenvalue weighted by atomic mass is 16.3. The zero-order valence-corrected chi connectivity index (χ0v) is 6.50. The molecular weight excluding hydrogens is 136 g/mol. The number of terminal acetylenes is 1. The third-order valence-electron chi connectivity index (χ3n) is 2.24. The molecule has 1 aromatic rings. The number of hydrogen-bond acceptors (Lipinski definition) is 1. The predicted molar refractivity (Wildman–Crippen MR) is 43.2 cm³/mol. The minimum atomic E-state index is 0.636. The van der Waals surface area contributed by atoms with Crippen molar-refractivity contribution in [2.24, 2.45) is 5.92 Å². The Bertz CT molecular complexity index is 303. The molecule has 0 spiro atoms. The first kappa shape index (κ1) is 6.54. The summed E-state index contributed by atoms with van der Waals surface area (Å²) in [4.78, 5) is 0. The summed E-state index contributed by atoms with van der Waals surface area (Å²) in [6.07, 6.45) is 6.42. The van der Waals surface area contributed by atoms with Gasteiger partial charge in [0, 0.05) is 5.92 Å². The van der Waals surface area contributed by atoms with Gasteiger partial charge in [-0.15, -0.1) is 6.42 Å². The summed E-state index contributed by atoms with van der Waals surface area (Å²) in [5.41, 5.74) is 0. The van der Waals surface area contributed by atoms with Crippen molar-refractivity contribution in [2.45, 2.75) is 19.3 Å². The Kier molecular flexibility index (Phi) is 1.29. The van der Waals surface area contributed by atoms with Gasteiger partial charge in [0.25, 0.3) is 0 Å². The fourth-order valence-electron chi connectivity index (χ4n) is 1.35. The highest BCUT2D eigenvalue weighted by Gasteiger charge is 2.36. The lowest BCUT2D eigenvalue weighted by molar-refractivity contribution is 0.496. The Balaban J connectivity index is 2.21. The Hall–Kier alpha value is -1.16. The number of rotatable bonds is 1. The summed E-state index contributed by atoms with van der Waals surface area (Å²) in [6, 6.07) is 3.85. The van der Waals surface area contributed by atoms with Crippen LogP contribution in [0.25, 0.3) is 0 Å². The van der Waals surface area contributed by atoms with E-state index in [1.807, 2.05) is 12.1 Å². The van der Waals surface area contributed by atoms with E-state index in [4.69, 9.17) is 10.8 Å². The van der Waals surface area contributed by atoms with Gasteiger partial charge in [-0.3, -0.25) is 0 Å². The molecule has 2 atom stereocenters. The van der Waals surface area contributed by atoms with Gasteiger partial charge in [-0.25, -0.2) is 0 Å². The van der Waals surface area contributed by atoms with E-state index in [0.717, 1.165) is 11.7 Å². The number of furan rings is 1. The molecule has 1 aromatic heterocycles. The third kappa shape index (κ3) is 1.05. The van der Waals surface area contributed by atoms with Crippen LogP contribution in [0.1, 0.15) is 30.8 Å². The van der Waals surface area contributed by atoms with Crippen LogP contribution in [-0.2, 0) is 0 Å². The molecule has 1 nitrogen and oxygen atoms in total. The molecule has 1 heterocycles. The Morgan fingerprint density at radius 2 is 2.36 bits per heavy atom. The Labute approximate surface area is 66.4 Å². The maximum Gasteiger partial charge on any atom is 0.176 e. The average Bonchev–Trinajstić information content (AvgIpc) is 2.59. The van der Waals surface area contributed by atoms with Gasteiger partial charge in [-0.1, -0.05) is 6.92 Å². The van der Waals surface area contributed by atoms with Crippen LogP contribution in [0.4, 0.5) is 0 Å². The van der Waals surface area contributed by atoms with Crippen LogP contribution in [0.2, 0.25) is 0 Å². The van der Waals surface area contributed by atoms with Gasteiger partial charge < -0.3 is 4.42 Å². The molecule has 0 amide bonds. The summed E-state index contributed by atoms with van der Waals surface area (Å²) in [5, 5.41) is 0. The highest BCUT2D eigenvalue weighted by Crippen LogP contribution is 2.47. The second-order valence-corrected chi connectivity index (χ2v) is 3.17. The molecule has 1 aliphatic carbocycles. The summed E-state index contributed by atoms with van der Waals surface area (Å²) in [6.45, 7) is 2.22. The van der Waals surface area contributed by atoms with Crippen molar-refractivity contribution >= 4 is 0 Å². The SMILES string of the molecule is C#Cc1ccc(C2CC2C)o1. The van der Waals surface area contributed by atoms with Crippen molar-refractivity contribution in [3.8, 4) is 12.3 Å². The van der Waals surface area contributed by atoms with Crippen molar-refractivity contribution < 1.29 is 4.42 Å². The molecule has 11 heavy (non-hydrogen) atoms. The zero-order chi connectivity index (χ0) is 7.84. The van der Waals surface area contributed by atoms with Crippen molar-refractivity contribution in [1.29, 1.82) is 0 Å². The van der Waals surface area contributed by atoms with E-state index < -0.39 is 0 Å². The fourth-order valence-corrected chi connectivity index (χ4v) is 1.35. The average molecular weight is 146 g/mol. The van der Waals surface area contributed by atoms with Crippen LogP contribution in [0.15, 0.2) is 16.5 Å². The van der Waals surface area contributed by atoms with Crippen LogP contribution in [0.3, 0.4) is 0 Å². The standard InChI is InChI=1S/C10H10O/c1-3-8-4-5-10(11-8)9-6-7(9)2/h1,4-5,7,9H,6H2,2H3. The summed E-state index contributed by atoms with van der Waals surface area (Å²) >= 11 is 0. The van der Waals surface area contributed by atoms with E-state index in [2.05, 4.69) is 12.8 Å². The molecule has 56 valence electrons. The van der Waals surface area contributed by atoms with Gasteiger partial charge in [-0.2, -0.15) is 0 Å². The maximum absolute atomic E-state index is 5.39. The van der Waals surface area contributed by atoms with Crippen LogP contribution in [0.5, 0.6) is 0 Å². The van der Waals surface area contributed by atoms with Gasteiger partial charge in [0.2, 0.25) is 0 Å². The normalized spacial score (nSPS) is 28.0. The molecule has 0 saturated heterocycles. The molecule has 2 unspecified atom stereocenters. The van der Waals surface area contributed by atoms with Crippen molar-refractivity contribution in [2.75, 3.05) is 0 Å². The topological polar surface area (TPSA) is 13.1 Å². The predicted octanol–water partition coefficient (Wildman–Crippen LogP) is 2.38. The second-order valence-electron chi connectivity index (χ2n) is 3.17. The van der Waals surface area contributed by atoms with Gasteiger partial charge in [0.1, 0.15) is 5.76 Å². The molecule has 1 fully saturated rings. The molecule has 0 aromatic carbocycles. The first-order chi connectivity index (χ1) is 5.31. The second kappa shape index (κ2) is 2.17. The molecule has 0 radical (unpaired) electrons. The molecule has 1 saturated carbocycles. The Morgan fingerprint density at radius 1 is 1.64 bits per heavy atom. The third-order valence-corrected chi connectivity index (χ3v) is 2.24. The van der Waals surface area contributed by atoms with Gasteiger partial charge >= 0.3 is 0 Å². The van der Waals surface area contributed by atoms with Crippen molar-refractivity contribution in [3.05, 3.63) is 23.7 Å². The monoisotopic (exact) mass is 146 g/mol. The van der Waals surface area contributed by atoms with Crippen molar-refractivity contribution in [3.63, 3.8) is 0 Å². The van der Waals surface area contributed by atoms with Gasteiger partial charge in [0.05, 0.1) is 0 Å². The summed E-state index contributed by atoms with van der Waals surface area (Å²) < 4.78 is 5.39. The van der Waals surface area contributed by atoms with Crippen LogP contribution in [0, 0.1) is 18.3 Å². The smallest absolute Gasteiger partial charge is 0.176 e. The van der Waals surface area contributed by atoms with Crippen molar-refractivity contribution in [1.82, 2.24) is 0 Å². The summed E-state index contributed by atoms with van der Waals surface area (Å²) in [7, 11) is 0. The minimum absolute atomic E-state index is 0.636. The number of hydrogen-bond donors (Lipinski definition) is 0. The molecule has 1 heteroatoms. The van der Waals surface area contributed by atoms with E-state index in [0.29, 0.717) is 11.7 Å². The fraction of sp³-hybridized carbons (Fsp3) is 0.400. The lowest BCUT2D eigenvalue weighted by Crippen LogP contribution is -1.73. The maximum atomic E-state index is 5.39. The zero-order valence-electron chi connectivity index (χ0n) is 6.50. The van der Waals surface area contributed by atoms with Crippen LogP contribution >= 0.6 is 0 Å². The molecule has 0 bridgehead atoms. The highest BCUT2D eigenvalue weighted by molar-refractivity contribution is 5.26. The molecule has 0 aliphatic heterocycles. The first-order valence-corrected chi connectivity index (χ1v) is 3.87. The van der Waals surface area contributed by atoms with Crippen LogP contribution < -0.4 is 0 Å². The lowest BCUT2D eigenvalue weighted by Gasteiger charge is -1.87. The first-order valence-electron chi connectivity index (χ1n) is 3.87. The van der Waals surface area contributed by atoms with E-state index in [1.165, 1.54) is 6.42 Å². The van der Waals surface area contributed by atoms with E-state index in [9.17, 15) is 0 Å². The minimum Gasteiger partial charge on any atom is -0.452 e. The Morgan fingerprint density at radius 3 is 2.82 bits per heavy atom. The molecular formula is C10H10O. The van der Waals surface area contributed by atoms with E-state index in [1.54, 1.807) is 0 Å². The quantitative estimate of drug-likeness (QED) is 0.554. The molecule has 0 N–H and O–H groups in total. The molecule has 2 rings (SSSR count). The van der Waals surface area contributed by atoms with E-state index >= 15 is 0 Å². The van der Waals surface area contributed by atoms with Gasteiger partial charge in [-0.05, 0) is 30.4 Å². The summed E-state index contributed by atoms with van der Waals surface area (Å²) in [5.74, 6) is 5.61.